The minimum atomic E-state index is -0.318. The van der Waals surface area contributed by atoms with Crippen LogP contribution in [0.2, 0.25) is 0 Å². The van der Waals surface area contributed by atoms with E-state index < -0.39 is 0 Å². The number of rotatable bonds is 4. The van der Waals surface area contributed by atoms with Gasteiger partial charge < -0.3 is 10.5 Å². The van der Waals surface area contributed by atoms with Gasteiger partial charge in [-0.2, -0.15) is 4.98 Å². The van der Waals surface area contributed by atoms with Gasteiger partial charge in [0.05, 0.1) is 7.11 Å². The van der Waals surface area contributed by atoms with E-state index in [2.05, 4.69) is 15.2 Å². The molecule has 0 bridgehead atoms. The van der Waals surface area contributed by atoms with Crippen molar-refractivity contribution in [1.29, 1.82) is 0 Å². The summed E-state index contributed by atoms with van der Waals surface area (Å²) in [5, 5.41) is 8.18. The first-order valence-corrected chi connectivity index (χ1v) is 7.88. The van der Waals surface area contributed by atoms with Gasteiger partial charge in [-0.1, -0.05) is 30.0 Å². The lowest BCUT2D eigenvalue weighted by molar-refractivity contribution is 0.0605. The maximum atomic E-state index is 11.9. The molecular weight excluding hydrogens is 308 g/mol. The third-order valence-corrected chi connectivity index (χ3v) is 4.96. The number of nitrogens with one attached hydrogen (secondary N) is 1. The van der Waals surface area contributed by atoms with Crippen LogP contribution in [0.1, 0.15) is 15.2 Å². The van der Waals surface area contributed by atoms with Crippen LogP contribution in [0.15, 0.2) is 29.4 Å². The summed E-state index contributed by atoms with van der Waals surface area (Å²) in [6.07, 6.45) is 0. The minimum Gasteiger partial charge on any atom is -0.465 e. The fourth-order valence-corrected chi connectivity index (χ4v) is 4.04. The zero-order chi connectivity index (χ0) is 14.8. The molecule has 0 amide bonds. The van der Waals surface area contributed by atoms with Gasteiger partial charge in [0.25, 0.3) is 0 Å². The number of benzene rings is 1. The van der Waals surface area contributed by atoms with Crippen LogP contribution in [0, 0.1) is 0 Å². The third kappa shape index (κ3) is 2.72. The Bertz CT molecular complexity index is 796. The molecule has 3 aromatic rings. The predicted octanol–water partition coefficient (Wildman–Crippen LogP) is 2.68. The molecule has 0 saturated carbocycles. The zero-order valence-electron chi connectivity index (χ0n) is 11.1. The van der Waals surface area contributed by atoms with Gasteiger partial charge >= 0.3 is 5.97 Å². The number of esters is 1. The number of hydrogen-bond acceptors (Lipinski definition) is 7. The van der Waals surface area contributed by atoms with Crippen molar-refractivity contribution in [3.8, 4) is 0 Å². The van der Waals surface area contributed by atoms with Crippen LogP contribution in [0.4, 0.5) is 5.95 Å². The molecule has 0 atom stereocenters. The molecule has 21 heavy (non-hydrogen) atoms. The lowest BCUT2D eigenvalue weighted by atomic mass is 10.1. The van der Waals surface area contributed by atoms with Crippen LogP contribution in [-0.2, 0) is 10.5 Å². The highest BCUT2D eigenvalue weighted by atomic mass is 32.2. The van der Waals surface area contributed by atoms with E-state index in [1.807, 2.05) is 24.3 Å². The van der Waals surface area contributed by atoms with Gasteiger partial charge in [0.1, 0.15) is 4.88 Å². The molecule has 0 radical (unpaired) electrons. The number of aromatic amines is 1. The Kier molecular flexibility index (Phi) is 3.80. The second-order valence-electron chi connectivity index (χ2n) is 4.19. The van der Waals surface area contributed by atoms with Crippen molar-refractivity contribution < 1.29 is 9.53 Å². The number of carbonyl (C=O) groups is 1. The smallest absolute Gasteiger partial charge is 0.348 e. The standard InChI is InChI=1S/C13H12N4O2S2/c1-19-11(18)10-8(6-20-13-15-12(14)16-17-13)7-4-2-3-5-9(7)21-10/h2-5H,6H2,1H3,(H3,14,15,16,17). The molecule has 0 spiro atoms. The molecular formula is C13H12N4O2S2. The number of carbonyl (C=O) groups excluding carboxylic acids is 1. The molecule has 8 heteroatoms. The molecule has 3 N–H and O–H groups in total. The Balaban J connectivity index is 1.96. The Morgan fingerprint density at radius 1 is 1.48 bits per heavy atom. The average Bonchev–Trinajstić information content (AvgIpc) is 3.07. The number of thiophene rings is 1. The Morgan fingerprint density at radius 3 is 3.00 bits per heavy atom. The fourth-order valence-electron chi connectivity index (χ4n) is 1.96. The predicted molar refractivity (Wildman–Crippen MR) is 83.5 cm³/mol. The van der Waals surface area contributed by atoms with Crippen molar-refractivity contribution in [2.45, 2.75) is 10.9 Å². The summed E-state index contributed by atoms with van der Waals surface area (Å²) in [6.45, 7) is 0. The number of thioether (sulfide) groups is 1. The van der Waals surface area contributed by atoms with Gasteiger partial charge in [0, 0.05) is 10.5 Å². The maximum Gasteiger partial charge on any atom is 0.348 e. The molecule has 6 nitrogen and oxygen atoms in total. The largest absolute Gasteiger partial charge is 0.465 e. The highest BCUT2D eigenvalue weighted by molar-refractivity contribution is 7.98. The van der Waals surface area contributed by atoms with Crippen LogP contribution in [0.5, 0.6) is 0 Å². The van der Waals surface area contributed by atoms with E-state index in [1.165, 1.54) is 30.2 Å². The molecule has 2 aromatic heterocycles. The summed E-state index contributed by atoms with van der Waals surface area (Å²) in [5.41, 5.74) is 6.44. The number of ether oxygens (including phenoxy) is 1. The van der Waals surface area contributed by atoms with Gasteiger partial charge in [-0.15, -0.1) is 16.4 Å². The number of aromatic nitrogens is 3. The molecule has 0 fully saturated rings. The highest BCUT2D eigenvalue weighted by Crippen LogP contribution is 2.35. The number of hydrogen-bond donors (Lipinski definition) is 2. The van der Waals surface area contributed by atoms with Crippen molar-refractivity contribution >= 4 is 45.1 Å². The van der Waals surface area contributed by atoms with E-state index >= 15 is 0 Å². The van der Waals surface area contributed by atoms with Gasteiger partial charge in [0.15, 0.2) is 0 Å². The van der Waals surface area contributed by atoms with E-state index in [0.717, 1.165) is 15.6 Å². The second-order valence-corrected chi connectivity index (χ2v) is 6.18. The number of nitrogen functional groups attached to an aromatic ring is 1. The Labute approximate surface area is 128 Å². The molecule has 0 aliphatic carbocycles. The van der Waals surface area contributed by atoms with Crippen molar-refractivity contribution in [2.75, 3.05) is 12.8 Å². The molecule has 0 aliphatic heterocycles. The van der Waals surface area contributed by atoms with Crippen molar-refractivity contribution in [1.82, 2.24) is 15.2 Å². The Morgan fingerprint density at radius 2 is 2.29 bits per heavy atom. The van der Waals surface area contributed by atoms with Crippen molar-refractivity contribution in [3.63, 3.8) is 0 Å². The van der Waals surface area contributed by atoms with Crippen molar-refractivity contribution in [3.05, 3.63) is 34.7 Å². The second kappa shape index (κ2) is 5.74. The molecule has 0 saturated heterocycles. The Hall–Kier alpha value is -2.06. The number of nitrogens with zero attached hydrogens (tertiary/aromatic N) is 2. The number of nitrogens with two attached hydrogens (primary N) is 1. The number of anilines is 1. The fraction of sp³-hybridized carbons (Fsp3) is 0.154. The molecule has 2 heterocycles. The summed E-state index contributed by atoms with van der Waals surface area (Å²) in [6, 6.07) is 7.90. The summed E-state index contributed by atoms with van der Waals surface area (Å²) in [7, 11) is 1.39. The molecule has 108 valence electrons. The van der Waals surface area contributed by atoms with Crippen LogP contribution in [0.25, 0.3) is 10.1 Å². The molecule has 0 aliphatic rings. The minimum absolute atomic E-state index is 0.279. The summed E-state index contributed by atoms with van der Waals surface area (Å²) in [5.74, 6) is 0.535. The van der Waals surface area contributed by atoms with E-state index in [-0.39, 0.29) is 11.9 Å². The first-order valence-electron chi connectivity index (χ1n) is 6.08. The summed E-state index contributed by atoms with van der Waals surface area (Å²) in [4.78, 5) is 16.6. The van der Waals surface area contributed by atoms with Crippen molar-refractivity contribution in [2.24, 2.45) is 0 Å². The van der Waals surface area contributed by atoms with Gasteiger partial charge in [0.2, 0.25) is 11.1 Å². The number of methoxy groups -OCH3 is 1. The molecule has 1 aromatic carbocycles. The third-order valence-electron chi connectivity index (χ3n) is 2.90. The first-order chi connectivity index (χ1) is 10.2. The first kappa shape index (κ1) is 13.9. The SMILES string of the molecule is COC(=O)c1sc2ccccc2c1CSc1n[nH]c(N)n1. The van der Waals surface area contributed by atoms with Gasteiger partial charge in [-0.3, -0.25) is 0 Å². The topological polar surface area (TPSA) is 93.9 Å². The quantitative estimate of drug-likeness (QED) is 0.567. The zero-order valence-corrected chi connectivity index (χ0v) is 12.8. The monoisotopic (exact) mass is 320 g/mol. The van der Waals surface area contributed by atoms with E-state index in [1.54, 1.807) is 0 Å². The van der Waals surface area contributed by atoms with Gasteiger partial charge in [-0.25, -0.2) is 9.89 Å². The van der Waals surface area contributed by atoms with E-state index in [0.29, 0.717) is 15.8 Å². The lowest BCUT2D eigenvalue weighted by Crippen LogP contribution is -2.01. The van der Waals surface area contributed by atoms with Crippen LogP contribution >= 0.6 is 23.1 Å². The highest BCUT2D eigenvalue weighted by Gasteiger charge is 2.19. The summed E-state index contributed by atoms with van der Waals surface area (Å²) < 4.78 is 5.93. The number of fused-ring (bicyclic) bond motifs is 1. The lowest BCUT2D eigenvalue weighted by Gasteiger charge is -2.01. The maximum absolute atomic E-state index is 11.9. The normalized spacial score (nSPS) is 10.9. The van der Waals surface area contributed by atoms with Crippen LogP contribution < -0.4 is 5.73 Å². The van der Waals surface area contributed by atoms with E-state index in [4.69, 9.17) is 10.5 Å². The van der Waals surface area contributed by atoms with Crippen LogP contribution in [-0.4, -0.2) is 28.3 Å². The van der Waals surface area contributed by atoms with E-state index in [9.17, 15) is 4.79 Å². The summed E-state index contributed by atoms with van der Waals surface area (Å²) >= 11 is 2.86. The average molecular weight is 320 g/mol. The van der Waals surface area contributed by atoms with Crippen LogP contribution in [0.3, 0.4) is 0 Å². The molecule has 0 unspecified atom stereocenters. The number of H-pyrrole nitrogens is 1. The molecule has 3 rings (SSSR count). The van der Waals surface area contributed by atoms with Gasteiger partial charge in [-0.05, 0) is 17.0 Å².